The van der Waals surface area contributed by atoms with Crippen LogP contribution in [0.3, 0.4) is 0 Å². The summed E-state index contributed by atoms with van der Waals surface area (Å²) in [4.78, 5) is 0. The molecule has 0 atom stereocenters. The summed E-state index contributed by atoms with van der Waals surface area (Å²) in [6.07, 6.45) is 2.09. The Hall–Kier alpha value is -2.13. The first-order valence-electron chi connectivity index (χ1n) is 7.15. The molecule has 0 unspecified atom stereocenters. The molecule has 0 saturated carbocycles. The fraction of sp³-hybridized carbons (Fsp3) is 0.222. The maximum Gasteiger partial charge on any atom is 0.123 e. The standard InChI is InChI=1S/C18H19FN2/c1-13-9-17(19)5-4-16(13)12-21-8-7-15-10-14(11-20-2)3-6-18(15)21/h3-10,20H,11-12H2,1-2H3. The van der Waals surface area contributed by atoms with Gasteiger partial charge in [0.15, 0.2) is 0 Å². The molecule has 0 aliphatic carbocycles. The zero-order chi connectivity index (χ0) is 14.8. The third-order valence-corrected chi connectivity index (χ3v) is 3.86. The number of aryl methyl sites for hydroxylation is 1. The van der Waals surface area contributed by atoms with Crippen LogP contribution < -0.4 is 5.32 Å². The molecule has 1 N–H and O–H groups in total. The van der Waals surface area contributed by atoms with Gasteiger partial charge in [-0.2, -0.15) is 0 Å². The highest BCUT2D eigenvalue weighted by atomic mass is 19.1. The molecule has 0 radical (unpaired) electrons. The van der Waals surface area contributed by atoms with E-state index in [1.807, 2.05) is 20.0 Å². The summed E-state index contributed by atoms with van der Waals surface area (Å²) in [6, 6.07) is 13.6. The van der Waals surface area contributed by atoms with Gasteiger partial charge in [0.05, 0.1) is 0 Å². The van der Waals surface area contributed by atoms with Crippen LogP contribution in [0.15, 0.2) is 48.7 Å². The van der Waals surface area contributed by atoms with Crippen molar-refractivity contribution in [2.75, 3.05) is 7.05 Å². The van der Waals surface area contributed by atoms with E-state index in [9.17, 15) is 4.39 Å². The SMILES string of the molecule is CNCc1ccc2c(ccn2Cc2ccc(F)cc2C)c1. The lowest BCUT2D eigenvalue weighted by Gasteiger charge is -2.09. The molecule has 0 fully saturated rings. The van der Waals surface area contributed by atoms with Gasteiger partial charge >= 0.3 is 0 Å². The van der Waals surface area contributed by atoms with Crippen molar-refractivity contribution >= 4 is 10.9 Å². The molecule has 1 heterocycles. The molecule has 3 aromatic rings. The number of fused-ring (bicyclic) bond motifs is 1. The average molecular weight is 282 g/mol. The van der Waals surface area contributed by atoms with Crippen molar-refractivity contribution in [3.63, 3.8) is 0 Å². The highest BCUT2D eigenvalue weighted by molar-refractivity contribution is 5.81. The molecule has 1 aromatic heterocycles. The molecule has 2 nitrogen and oxygen atoms in total. The highest BCUT2D eigenvalue weighted by Gasteiger charge is 2.05. The number of hydrogen-bond donors (Lipinski definition) is 1. The van der Waals surface area contributed by atoms with Crippen LogP contribution in [0, 0.1) is 12.7 Å². The van der Waals surface area contributed by atoms with Gasteiger partial charge in [0.25, 0.3) is 0 Å². The minimum Gasteiger partial charge on any atom is -0.343 e. The Labute approximate surface area is 124 Å². The predicted molar refractivity (Wildman–Crippen MR) is 84.9 cm³/mol. The molecule has 0 saturated heterocycles. The fourth-order valence-corrected chi connectivity index (χ4v) is 2.72. The number of hydrogen-bond acceptors (Lipinski definition) is 1. The average Bonchev–Trinajstić information content (AvgIpc) is 2.85. The summed E-state index contributed by atoms with van der Waals surface area (Å²) in [7, 11) is 1.95. The van der Waals surface area contributed by atoms with Crippen LogP contribution in [0.1, 0.15) is 16.7 Å². The second-order valence-corrected chi connectivity index (χ2v) is 5.44. The van der Waals surface area contributed by atoms with Crippen LogP contribution in [0.4, 0.5) is 4.39 Å². The van der Waals surface area contributed by atoms with Crippen LogP contribution >= 0.6 is 0 Å². The normalized spacial score (nSPS) is 11.2. The second kappa shape index (κ2) is 5.70. The number of rotatable bonds is 4. The molecule has 0 amide bonds. The first-order valence-corrected chi connectivity index (χ1v) is 7.15. The van der Waals surface area contributed by atoms with Crippen molar-refractivity contribution in [2.45, 2.75) is 20.0 Å². The van der Waals surface area contributed by atoms with Crippen LogP contribution in [-0.2, 0) is 13.1 Å². The van der Waals surface area contributed by atoms with E-state index in [0.717, 1.165) is 24.2 Å². The molecule has 108 valence electrons. The van der Waals surface area contributed by atoms with E-state index in [-0.39, 0.29) is 5.82 Å². The van der Waals surface area contributed by atoms with Crippen molar-refractivity contribution in [3.8, 4) is 0 Å². The van der Waals surface area contributed by atoms with Crippen molar-refractivity contribution in [3.05, 3.63) is 71.2 Å². The number of aromatic nitrogens is 1. The van der Waals surface area contributed by atoms with Gasteiger partial charge in [-0.3, -0.25) is 0 Å². The van der Waals surface area contributed by atoms with Crippen molar-refractivity contribution in [1.82, 2.24) is 9.88 Å². The lowest BCUT2D eigenvalue weighted by atomic mass is 10.1. The summed E-state index contributed by atoms with van der Waals surface area (Å²) in [6.45, 7) is 3.59. The van der Waals surface area contributed by atoms with E-state index in [0.29, 0.717) is 0 Å². The molecule has 21 heavy (non-hydrogen) atoms. The first-order chi connectivity index (χ1) is 10.2. The van der Waals surface area contributed by atoms with Gasteiger partial charge in [-0.25, -0.2) is 4.39 Å². The smallest absolute Gasteiger partial charge is 0.123 e. The van der Waals surface area contributed by atoms with Gasteiger partial charge in [-0.05, 0) is 66.4 Å². The molecule has 0 aliphatic rings. The topological polar surface area (TPSA) is 17.0 Å². The zero-order valence-electron chi connectivity index (χ0n) is 12.4. The Morgan fingerprint density at radius 3 is 2.71 bits per heavy atom. The summed E-state index contributed by atoms with van der Waals surface area (Å²) < 4.78 is 15.4. The fourth-order valence-electron chi connectivity index (χ4n) is 2.72. The van der Waals surface area contributed by atoms with Gasteiger partial charge < -0.3 is 9.88 Å². The molecule has 0 aliphatic heterocycles. The third kappa shape index (κ3) is 2.83. The number of benzene rings is 2. The Balaban J connectivity index is 1.94. The maximum atomic E-state index is 13.2. The van der Waals surface area contributed by atoms with E-state index < -0.39 is 0 Å². The summed E-state index contributed by atoms with van der Waals surface area (Å²) >= 11 is 0. The zero-order valence-corrected chi connectivity index (χ0v) is 12.4. The maximum absolute atomic E-state index is 13.2. The van der Waals surface area contributed by atoms with Crippen molar-refractivity contribution in [1.29, 1.82) is 0 Å². The second-order valence-electron chi connectivity index (χ2n) is 5.44. The lowest BCUT2D eigenvalue weighted by molar-refractivity contribution is 0.625. The highest BCUT2D eigenvalue weighted by Crippen LogP contribution is 2.20. The monoisotopic (exact) mass is 282 g/mol. The Morgan fingerprint density at radius 2 is 1.95 bits per heavy atom. The van der Waals surface area contributed by atoms with Crippen LogP contribution in [0.2, 0.25) is 0 Å². The Bertz CT molecular complexity index is 774. The Kier molecular flexibility index (Phi) is 3.76. The summed E-state index contributed by atoms with van der Waals surface area (Å²) in [5, 5.41) is 4.40. The molecule has 3 rings (SSSR count). The van der Waals surface area contributed by atoms with Crippen LogP contribution in [0.25, 0.3) is 10.9 Å². The molecule has 0 spiro atoms. The van der Waals surface area contributed by atoms with Crippen LogP contribution in [0.5, 0.6) is 0 Å². The summed E-state index contributed by atoms with van der Waals surface area (Å²) in [5.41, 5.74) is 4.62. The lowest BCUT2D eigenvalue weighted by Crippen LogP contribution is -2.05. The van der Waals surface area contributed by atoms with Crippen molar-refractivity contribution in [2.24, 2.45) is 0 Å². The Morgan fingerprint density at radius 1 is 1.10 bits per heavy atom. The minimum absolute atomic E-state index is 0.176. The molecule has 0 bridgehead atoms. The predicted octanol–water partition coefficient (Wildman–Crippen LogP) is 3.86. The van der Waals surface area contributed by atoms with Crippen molar-refractivity contribution < 1.29 is 4.39 Å². The minimum atomic E-state index is -0.176. The van der Waals surface area contributed by atoms with Gasteiger partial charge in [0.2, 0.25) is 0 Å². The third-order valence-electron chi connectivity index (χ3n) is 3.86. The van der Waals surface area contributed by atoms with Crippen LogP contribution in [-0.4, -0.2) is 11.6 Å². The summed E-state index contributed by atoms with van der Waals surface area (Å²) in [5.74, 6) is -0.176. The molecular weight excluding hydrogens is 263 g/mol. The van der Waals surface area contributed by atoms with E-state index >= 15 is 0 Å². The number of nitrogens with zero attached hydrogens (tertiary/aromatic N) is 1. The van der Waals surface area contributed by atoms with E-state index in [1.54, 1.807) is 6.07 Å². The van der Waals surface area contributed by atoms with E-state index in [4.69, 9.17) is 0 Å². The molecule has 2 aromatic carbocycles. The van der Waals surface area contributed by atoms with Gasteiger partial charge in [0, 0.05) is 24.8 Å². The van der Waals surface area contributed by atoms with E-state index in [2.05, 4.69) is 40.3 Å². The van der Waals surface area contributed by atoms with E-state index in [1.165, 1.54) is 22.5 Å². The first kappa shape index (κ1) is 13.8. The molecule has 3 heteroatoms. The van der Waals surface area contributed by atoms with Gasteiger partial charge in [-0.1, -0.05) is 12.1 Å². The quantitative estimate of drug-likeness (QED) is 0.769. The number of nitrogens with one attached hydrogen (secondary N) is 1. The largest absolute Gasteiger partial charge is 0.343 e. The number of halogens is 1. The van der Waals surface area contributed by atoms with Gasteiger partial charge in [0.1, 0.15) is 5.82 Å². The van der Waals surface area contributed by atoms with Gasteiger partial charge in [-0.15, -0.1) is 0 Å². The molecular formula is C18H19FN2.